The lowest BCUT2D eigenvalue weighted by atomic mass is 10.3. The molecule has 21 heavy (non-hydrogen) atoms. The van der Waals surface area contributed by atoms with E-state index in [1.165, 1.54) is 22.7 Å². The molecule has 0 aliphatic carbocycles. The summed E-state index contributed by atoms with van der Waals surface area (Å²) in [4.78, 5) is 29.9. The summed E-state index contributed by atoms with van der Waals surface area (Å²) in [5, 5.41) is 1.93. The summed E-state index contributed by atoms with van der Waals surface area (Å²) in [5.74, 6) is -0.590. The summed E-state index contributed by atoms with van der Waals surface area (Å²) in [5.41, 5.74) is 0.751. The summed E-state index contributed by atoms with van der Waals surface area (Å²) in [6.45, 7) is 3.89. The van der Waals surface area contributed by atoms with Crippen molar-refractivity contribution in [1.29, 1.82) is 0 Å². The maximum Gasteiger partial charge on any atom is 0.350 e. The average Bonchev–Trinajstić information content (AvgIpc) is 3.03. The molecular formula is C14H16N2O3S2. The average molecular weight is 324 g/mol. The monoisotopic (exact) mass is 324 g/mol. The molecule has 0 aromatic carbocycles. The van der Waals surface area contributed by atoms with Crippen LogP contribution in [0.15, 0.2) is 22.5 Å². The van der Waals surface area contributed by atoms with Gasteiger partial charge in [0.15, 0.2) is 4.80 Å². The second kappa shape index (κ2) is 6.82. The van der Waals surface area contributed by atoms with Gasteiger partial charge in [0.05, 0.1) is 13.0 Å². The molecule has 0 saturated carbocycles. The van der Waals surface area contributed by atoms with Gasteiger partial charge in [0.25, 0.3) is 5.91 Å². The van der Waals surface area contributed by atoms with E-state index in [9.17, 15) is 9.59 Å². The third-order valence-electron chi connectivity index (χ3n) is 2.90. The number of esters is 1. The van der Waals surface area contributed by atoms with E-state index in [1.807, 2.05) is 24.4 Å². The standard InChI is InChI=1S/C14H16N2O3S2/c1-4-19-13(18)12-9(2)16(3)14(21-12)15-11(17)8-10-6-5-7-20-10/h5-7H,4,8H2,1-3H3. The second-order valence-electron chi connectivity index (χ2n) is 4.34. The molecule has 5 nitrogen and oxygen atoms in total. The Kier molecular flexibility index (Phi) is 5.08. The highest BCUT2D eigenvalue weighted by Crippen LogP contribution is 2.13. The van der Waals surface area contributed by atoms with Crippen LogP contribution in [0.2, 0.25) is 0 Å². The number of amides is 1. The number of hydrogen-bond acceptors (Lipinski definition) is 5. The van der Waals surface area contributed by atoms with Crippen molar-refractivity contribution < 1.29 is 14.3 Å². The minimum atomic E-state index is -0.372. The van der Waals surface area contributed by atoms with E-state index in [0.29, 0.717) is 16.3 Å². The SMILES string of the molecule is CCOC(=O)c1sc(=NC(=O)Cc2cccs2)n(C)c1C. The zero-order chi connectivity index (χ0) is 15.4. The van der Waals surface area contributed by atoms with E-state index in [0.717, 1.165) is 10.6 Å². The van der Waals surface area contributed by atoms with Gasteiger partial charge in [-0.25, -0.2) is 4.79 Å². The number of hydrogen-bond donors (Lipinski definition) is 0. The number of rotatable bonds is 4. The molecule has 0 atom stereocenters. The zero-order valence-electron chi connectivity index (χ0n) is 12.1. The number of nitrogens with zero attached hydrogens (tertiary/aromatic N) is 2. The van der Waals surface area contributed by atoms with E-state index >= 15 is 0 Å². The number of carbonyl (C=O) groups excluding carboxylic acids is 2. The van der Waals surface area contributed by atoms with Gasteiger partial charge in [-0.15, -0.1) is 11.3 Å². The molecule has 0 saturated heterocycles. The van der Waals surface area contributed by atoms with Gasteiger partial charge < -0.3 is 9.30 Å². The van der Waals surface area contributed by atoms with Gasteiger partial charge in [0, 0.05) is 17.6 Å². The van der Waals surface area contributed by atoms with Crippen LogP contribution in [0.25, 0.3) is 0 Å². The van der Waals surface area contributed by atoms with Crippen molar-refractivity contribution in [2.45, 2.75) is 20.3 Å². The van der Waals surface area contributed by atoms with Crippen LogP contribution < -0.4 is 4.80 Å². The largest absolute Gasteiger partial charge is 0.462 e. The minimum absolute atomic E-state index is 0.218. The van der Waals surface area contributed by atoms with Crippen molar-refractivity contribution in [3.05, 3.63) is 37.8 Å². The van der Waals surface area contributed by atoms with Crippen LogP contribution in [-0.4, -0.2) is 23.1 Å². The highest BCUT2D eigenvalue weighted by molar-refractivity contribution is 7.11. The van der Waals surface area contributed by atoms with Crippen LogP contribution in [0.5, 0.6) is 0 Å². The molecule has 0 spiro atoms. The minimum Gasteiger partial charge on any atom is -0.462 e. The quantitative estimate of drug-likeness (QED) is 0.811. The van der Waals surface area contributed by atoms with E-state index in [1.54, 1.807) is 18.5 Å². The fourth-order valence-corrected chi connectivity index (χ4v) is 3.45. The fraction of sp³-hybridized carbons (Fsp3) is 0.357. The summed E-state index contributed by atoms with van der Waals surface area (Å²) >= 11 is 2.71. The van der Waals surface area contributed by atoms with Crippen LogP contribution in [0.1, 0.15) is 27.2 Å². The Morgan fingerprint density at radius 3 is 2.81 bits per heavy atom. The van der Waals surface area contributed by atoms with Crippen molar-refractivity contribution in [3.63, 3.8) is 0 Å². The van der Waals surface area contributed by atoms with Crippen LogP contribution in [-0.2, 0) is 23.0 Å². The molecule has 2 aromatic rings. The Labute approximate surface area is 130 Å². The summed E-state index contributed by atoms with van der Waals surface area (Å²) < 4.78 is 6.74. The molecule has 1 amide bonds. The predicted octanol–water partition coefficient (Wildman–Crippen LogP) is 2.30. The predicted molar refractivity (Wildman–Crippen MR) is 82.6 cm³/mol. The summed E-state index contributed by atoms with van der Waals surface area (Å²) in [6.07, 6.45) is 0.281. The lowest BCUT2D eigenvalue weighted by molar-refractivity contribution is -0.117. The van der Waals surface area contributed by atoms with Gasteiger partial charge >= 0.3 is 5.97 Å². The smallest absolute Gasteiger partial charge is 0.350 e. The Morgan fingerprint density at radius 2 is 2.19 bits per heavy atom. The van der Waals surface area contributed by atoms with Crippen molar-refractivity contribution in [3.8, 4) is 0 Å². The molecule has 112 valence electrons. The zero-order valence-corrected chi connectivity index (χ0v) is 13.7. The Balaban J connectivity index is 2.27. The first kappa shape index (κ1) is 15.7. The topological polar surface area (TPSA) is 60.7 Å². The van der Waals surface area contributed by atoms with E-state index in [4.69, 9.17) is 4.74 Å². The molecule has 0 N–H and O–H groups in total. The molecule has 0 aliphatic heterocycles. The van der Waals surface area contributed by atoms with E-state index < -0.39 is 0 Å². The van der Waals surface area contributed by atoms with Crippen LogP contribution >= 0.6 is 22.7 Å². The van der Waals surface area contributed by atoms with Crippen molar-refractivity contribution in [2.75, 3.05) is 6.61 Å². The molecule has 2 rings (SSSR count). The molecule has 2 aromatic heterocycles. The van der Waals surface area contributed by atoms with Gasteiger partial charge in [-0.05, 0) is 25.3 Å². The molecule has 2 heterocycles. The first-order valence-corrected chi connectivity index (χ1v) is 8.16. The Bertz CT molecular complexity index is 711. The highest BCUT2D eigenvalue weighted by atomic mass is 32.1. The van der Waals surface area contributed by atoms with Gasteiger partial charge in [-0.3, -0.25) is 4.79 Å². The summed E-state index contributed by atoms with van der Waals surface area (Å²) in [6, 6.07) is 3.81. The third-order valence-corrected chi connectivity index (χ3v) is 4.99. The maximum absolute atomic E-state index is 12.0. The first-order chi connectivity index (χ1) is 10.0. The normalized spacial score (nSPS) is 11.7. The van der Waals surface area contributed by atoms with Crippen molar-refractivity contribution >= 4 is 34.6 Å². The molecule has 7 heteroatoms. The Morgan fingerprint density at radius 1 is 1.43 bits per heavy atom. The molecule has 0 radical (unpaired) electrons. The van der Waals surface area contributed by atoms with Crippen LogP contribution in [0.3, 0.4) is 0 Å². The van der Waals surface area contributed by atoms with Crippen molar-refractivity contribution in [1.82, 2.24) is 4.57 Å². The second-order valence-corrected chi connectivity index (χ2v) is 6.35. The lowest BCUT2D eigenvalue weighted by Crippen LogP contribution is -2.15. The van der Waals surface area contributed by atoms with Gasteiger partial charge in [-0.1, -0.05) is 17.4 Å². The first-order valence-electron chi connectivity index (χ1n) is 6.46. The molecule has 0 unspecified atom stereocenters. The van der Waals surface area contributed by atoms with Gasteiger partial charge in [-0.2, -0.15) is 4.99 Å². The number of ether oxygens (including phenoxy) is 1. The van der Waals surface area contributed by atoms with E-state index in [-0.39, 0.29) is 18.3 Å². The molecular weight excluding hydrogens is 308 g/mol. The third kappa shape index (κ3) is 3.68. The van der Waals surface area contributed by atoms with Gasteiger partial charge in [0.1, 0.15) is 4.88 Å². The maximum atomic E-state index is 12.0. The number of thiophene rings is 1. The lowest BCUT2D eigenvalue weighted by Gasteiger charge is -2.00. The molecule has 0 bridgehead atoms. The highest BCUT2D eigenvalue weighted by Gasteiger charge is 2.16. The Hall–Kier alpha value is -1.73. The molecule has 0 fully saturated rings. The number of thiazole rings is 1. The van der Waals surface area contributed by atoms with Crippen LogP contribution in [0, 0.1) is 6.92 Å². The fourth-order valence-electron chi connectivity index (χ4n) is 1.72. The van der Waals surface area contributed by atoms with E-state index in [2.05, 4.69) is 4.99 Å². The van der Waals surface area contributed by atoms with Crippen molar-refractivity contribution in [2.24, 2.45) is 12.0 Å². The number of aromatic nitrogens is 1. The summed E-state index contributed by atoms with van der Waals surface area (Å²) in [7, 11) is 1.78. The molecule has 0 aliphatic rings. The van der Waals surface area contributed by atoms with Crippen LogP contribution in [0.4, 0.5) is 0 Å². The van der Waals surface area contributed by atoms with Gasteiger partial charge in [0.2, 0.25) is 0 Å². The number of carbonyl (C=O) groups is 2.